The van der Waals surface area contributed by atoms with E-state index in [1.165, 1.54) is 0 Å². The number of para-hydroxylation sites is 1. The van der Waals surface area contributed by atoms with Gasteiger partial charge in [-0.1, -0.05) is 25.1 Å². The second kappa shape index (κ2) is 10.7. The van der Waals surface area contributed by atoms with Crippen molar-refractivity contribution in [3.8, 4) is 0 Å². The van der Waals surface area contributed by atoms with Gasteiger partial charge in [0.1, 0.15) is 0 Å². The molecule has 0 aliphatic carbocycles. The molecule has 7 heteroatoms. The van der Waals surface area contributed by atoms with Crippen LogP contribution in [0.4, 0.5) is 5.69 Å². The minimum Gasteiger partial charge on any atom is -0.333 e. The van der Waals surface area contributed by atoms with Crippen molar-refractivity contribution in [1.29, 1.82) is 0 Å². The van der Waals surface area contributed by atoms with E-state index in [2.05, 4.69) is 20.6 Å². The molecule has 1 aromatic heterocycles. The zero-order valence-corrected chi connectivity index (χ0v) is 19.0. The Balaban J connectivity index is 1.52. The third-order valence-electron chi connectivity index (χ3n) is 5.55. The molecule has 0 spiro atoms. The van der Waals surface area contributed by atoms with Crippen molar-refractivity contribution in [3.05, 3.63) is 45.9 Å². The number of anilines is 1. The Kier molecular flexibility index (Phi) is 7.99. The SMILES string of the molecule is CCCN(CC(=O)Nc1ccccc1C)C(=O)C1CCN(Cc2csc(C)n2)CC1. The molecule has 0 atom stereocenters. The van der Waals surface area contributed by atoms with Gasteiger partial charge in [0, 0.05) is 30.1 Å². The Morgan fingerprint density at radius 1 is 1.23 bits per heavy atom. The Morgan fingerprint density at radius 3 is 2.60 bits per heavy atom. The average Bonchev–Trinajstić information content (AvgIpc) is 3.14. The Labute approximate surface area is 183 Å². The highest BCUT2D eigenvalue weighted by molar-refractivity contribution is 7.09. The van der Waals surface area contributed by atoms with Crippen LogP contribution in [0.5, 0.6) is 0 Å². The van der Waals surface area contributed by atoms with Gasteiger partial charge in [0.25, 0.3) is 0 Å². The minimum absolute atomic E-state index is 0.00349. The van der Waals surface area contributed by atoms with Crippen molar-refractivity contribution >= 4 is 28.8 Å². The number of benzene rings is 1. The van der Waals surface area contributed by atoms with E-state index in [0.717, 1.165) is 60.8 Å². The lowest BCUT2D eigenvalue weighted by Gasteiger charge is -2.33. The van der Waals surface area contributed by atoms with Crippen LogP contribution in [0.15, 0.2) is 29.6 Å². The fourth-order valence-corrected chi connectivity index (χ4v) is 4.52. The first-order valence-electron chi connectivity index (χ1n) is 10.7. The van der Waals surface area contributed by atoms with Crippen LogP contribution in [0.25, 0.3) is 0 Å². The van der Waals surface area contributed by atoms with Gasteiger partial charge in [-0.15, -0.1) is 11.3 Å². The number of thiazole rings is 1. The van der Waals surface area contributed by atoms with Crippen molar-refractivity contribution in [2.45, 2.75) is 46.6 Å². The van der Waals surface area contributed by atoms with Crippen molar-refractivity contribution in [1.82, 2.24) is 14.8 Å². The second-order valence-electron chi connectivity index (χ2n) is 8.03. The molecule has 1 aliphatic heterocycles. The number of amides is 2. The van der Waals surface area contributed by atoms with Gasteiger partial charge in [-0.3, -0.25) is 14.5 Å². The monoisotopic (exact) mass is 428 g/mol. The van der Waals surface area contributed by atoms with Gasteiger partial charge in [0.15, 0.2) is 0 Å². The number of hydrogen-bond acceptors (Lipinski definition) is 5. The van der Waals surface area contributed by atoms with Gasteiger partial charge in [-0.25, -0.2) is 4.98 Å². The number of carbonyl (C=O) groups is 2. The highest BCUT2D eigenvalue weighted by atomic mass is 32.1. The number of nitrogens with one attached hydrogen (secondary N) is 1. The summed E-state index contributed by atoms with van der Waals surface area (Å²) < 4.78 is 0. The first-order chi connectivity index (χ1) is 14.5. The molecule has 0 radical (unpaired) electrons. The Hall–Kier alpha value is -2.25. The van der Waals surface area contributed by atoms with Crippen LogP contribution >= 0.6 is 11.3 Å². The van der Waals surface area contributed by atoms with Crippen LogP contribution < -0.4 is 5.32 Å². The van der Waals surface area contributed by atoms with Crippen molar-refractivity contribution in [2.24, 2.45) is 5.92 Å². The molecule has 0 unspecified atom stereocenters. The number of carbonyl (C=O) groups excluding carboxylic acids is 2. The molecule has 1 fully saturated rings. The zero-order chi connectivity index (χ0) is 21.5. The van der Waals surface area contributed by atoms with E-state index < -0.39 is 0 Å². The smallest absolute Gasteiger partial charge is 0.244 e. The van der Waals surface area contributed by atoms with E-state index in [-0.39, 0.29) is 24.3 Å². The number of nitrogens with zero attached hydrogens (tertiary/aromatic N) is 3. The molecular formula is C23H32N4O2S. The van der Waals surface area contributed by atoms with Gasteiger partial charge in [0.05, 0.1) is 17.2 Å². The van der Waals surface area contributed by atoms with E-state index in [1.807, 2.05) is 45.0 Å². The highest BCUT2D eigenvalue weighted by Gasteiger charge is 2.29. The fourth-order valence-electron chi connectivity index (χ4n) is 3.92. The van der Waals surface area contributed by atoms with E-state index in [1.54, 1.807) is 16.2 Å². The minimum atomic E-state index is -0.137. The molecule has 162 valence electrons. The third-order valence-corrected chi connectivity index (χ3v) is 6.37. The number of aryl methyl sites for hydroxylation is 2. The van der Waals surface area contributed by atoms with E-state index in [4.69, 9.17) is 0 Å². The molecule has 2 amide bonds. The molecule has 1 aliphatic rings. The molecular weight excluding hydrogens is 396 g/mol. The lowest BCUT2D eigenvalue weighted by atomic mass is 9.95. The summed E-state index contributed by atoms with van der Waals surface area (Å²) in [5.74, 6) is -0.0281. The normalized spacial score (nSPS) is 15.2. The summed E-state index contributed by atoms with van der Waals surface area (Å²) in [6.45, 7) is 9.38. The van der Waals surface area contributed by atoms with Crippen molar-refractivity contribution < 1.29 is 9.59 Å². The number of aromatic nitrogens is 1. The standard InChI is InChI=1S/C23H32N4O2S/c1-4-11-27(15-22(28)25-21-8-6-5-7-17(21)2)23(29)19-9-12-26(13-10-19)14-20-16-30-18(3)24-20/h5-8,16,19H,4,9-15H2,1-3H3,(H,25,28). The number of likely N-dealkylation sites (tertiary alicyclic amines) is 1. The van der Waals surface area contributed by atoms with E-state index >= 15 is 0 Å². The predicted octanol–water partition coefficient (Wildman–Crippen LogP) is 3.85. The maximum Gasteiger partial charge on any atom is 0.244 e. The summed E-state index contributed by atoms with van der Waals surface area (Å²) in [7, 11) is 0. The van der Waals surface area contributed by atoms with Gasteiger partial charge in [-0.05, 0) is 57.8 Å². The summed E-state index contributed by atoms with van der Waals surface area (Å²) >= 11 is 1.68. The topological polar surface area (TPSA) is 65.5 Å². The maximum absolute atomic E-state index is 13.1. The first kappa shape index (κ1) is 22.4. The molecule has 2 heterocycles. The van der Waals surface area contributed by atoms with E-state index in [0.29, 0.717) is 6.54 Å². The number of rotatable bonds is 8. The van der Waals surface area contributed by atoms with Crippen molar-refractivity contribution in [2.75, 3.05) is 31.5 Å². The summed E-state index contributed by atoms with van der Waals surface area (Å²) in [4.78, 5) is 34.3. The van der Waals surface area contributed by atoms with Gasteiger partial charge >= 0.3 is 0 Å². The van der Waals surface area contributed by atoms with Crippen LogP contribution in [-0.4, -0.2) is 52.8 Å². The third kappa shape index (κ3) is 6.12. The van der Waals surface area contributed by atoms with Gasteiger partial charge in [0.2, 0.25) is 11.8 Å². The molecule has 1 saturated heterocycles. The highest BCUT2D eigenvalue weighted by Crippen LogP contribution is 2.22. The van der Waals surface area contributed by atoms with Crippen LogP contribution in [0.3, 0.4) is 0 Å². The van der Waals surface area contributed by atoms with Crippen LogP contribution in [-0.2, 0) is 16.1 Å². The summed E-state index contributed by atoms with van der Waals surface area (Å²) in [5.41, 5.74) is 2.93. The predicted molar refractivity (Wildman–Crippen MR) is 122 cm³/mol. The van der Waals surface area contributed by atoms with Crippen molar-refractivity contribution in [3.63, 3.8) is 0 Å². The van der Waals surface area contributed by atoms with Crippen LogP contribution in [0, 0.1) is 19.8 Å². The first-order valence-corrected chi connectivity index (χ1v) is 11.6. The van der Waals surface area contributed by atoms with Crippen LogP contribution in [0.2, 0.25) is 0 Å². The summed E-state index contributed by atoms with van der Waals surface area (Å²) in [5, 5.41) is 6.15. The Morgan fingerprint density at radius 2 is 1.97 bits per heavy atom. The average molecular weight is 429 g/mol. The molecule has 30 heavy (non-hydrogen) atoms. The maximum atomic E-state index is 13.1. The molecule has 1 N–H and O–H groups in total. The van der Waals surface area contributed by atoms with Gasteiger partial charge in [-0.2, -0.15) is 0 Å². The molecule has 0 saturated carbocycles. The number of hydrogen-bond donors (Lipinski definition) is 1. The lowest BCUT2D eigenvalue weighted by molar-refractivity contribution is -0.139. The number of piperidine rings is 1. The lowest BCUT2D eigenvalue weighted by Crippen LogP contribution is -2.45. The molecule has 6 nitrogen and oxygen atoms in total. The van der Waals surface area contributed by atoms with Gasteiger partial charge < -0.3 is 10.2 Å². The summed E-state index contributed by atoms with van der Waals surface area (Å²) in [6, 6.07) is 7.70. The zero-order valence-electron chi connectivity index (χ0n) is 18.2. The molecule has 3 rings (SSSR count). The largest absolute Gasteiger partial charge is 0.333 e. The molecule has 0 bridgehead atoms. The molecule has 1 aromatic carbocycles. The molecule has 2 aromatic rings. The fraction of sp³-hybridized carbons (Fsp3) is 0.522. The summed E-state index contributed by atoms with van der Waals surface area (Å²) in [6.07, 6.45) is 2.51. The van der Waals surface area contributed by atoms with E-state index in [9.17, 15) is 9.59 Å². The quantitative estimate of drug-likeness (QED) is 0.694. The Bertz CT molecular complexity index is 858. The second-order valence-corrected chi connectivity index (χ2v) is 9.09. The van der Waals surface area contributed by atoms with Crippen LogP contribution in [0.1, 0.15) is 42.5 Å².